The van der Waals surface area contributed by atoms with Gasteiger partial charge in [-0.15, -0.1) is 11.3 Å². The summed E-state index contributed by atoms with van der Waals surface area (Å²) in [7, 11) is 1.27. The van der Waals surface area contributed by atoms with Gasteiger partial charge in [0.15, 0.2) is 6.61 Å². The predicted octanol–water partition coefficient (Wildman–Crippen LogP) is 4.13. The number of nitrogens with zero attached hydrogens (tertiary/aromatic N) is 1. The minimum Gasteiger partial charge on any atom is -0.489 e. The van der Waals surface area contributed by atoms with E-state index in [0.717, 1.165) is 21.7 Å². The zero-order valence-electron chi connectivity index (χ0n) is 18.9. The lowest BCUT2D eigenvalue weighted by Gasteiger charge is -2.08. The molecular formula is C23H24N2O7S. The molecule has 0 unspecified atom stereocenters. The lowest BCUT2D eigenvalue weighted by Crippen LogP contribution is -2.21. The van der Waals surface area contributed by atoms with Crippen LogP contribution in [0.3, 0.4) is 0 Å². The van der Waals surface area contributed by atoms with E-state index in [1.165, 1.54) is 18.4 Å². The Morgan fingerprint density at radius 2 is 1.76 bits per heavy atom. The predicted molar refractivity (Wildman–Crippen MR) is 121 cm³/mol. The molecule has 9 nitrogen and oxygen atoms in total. The van der Waals surface area contributed by atoms with Crippen molar-refractivity contribution in [2.45, 2.75) is 34.3 Å². The molecule has 1 amide bonds. The van der Waals surface area contributed by atoms with Crippen LogP contribution in [0.2, 0.25) is 0 Å². The molecule has 0 saturated heterocycles. The molecule has 1 N–H and O–H groups in total. The minimum atomic E-state index is -0.658. The molecule has 0 saturated carbocycles. The Morgan fingerprint density at radius 3 is 2.36 bits per heavy atom. The Kier molecular flexibility index (Phi) is 7.49. The first-order valence-electron chi connectivity index (χ1n) is 10.0. The maximum atomic E-state index is 12.3. The summed E-state index contributed by atoms with van der Waals surface area (Å²) < 4.78 is 20.7. The van der Waals surface area contributed by atoms with E-state index in [0.29, 0.717) is 28.7 Å². The number of thiophene rings is 1. The molecule has 0 radical (unpaired) electrons. The number of carbonyl (C=O) groups excluding carboxylic acids is 3. The number of benzene rings is 1. The van der Waals surface area contributed by atoms with Crippen molar-refractivity contribution in [2.75, 3.05) is 19.0 Å². The Morgan fingerprint density at radius 1 is 1.06 bits per heavy atom. The molecule has 0 aliphatic rings. The summed E-state index contributed by atoms with van der Waals surface area (Å²) in [6.45, 7) is 7.05. The summed E-state index contributed by atoms with van der Waals surface area (Å²) >= 11 is 1.25. The number of amides is 1. The van der Waals surface area contributed by atoms with E-state index >= 15 is 0 Å². The third kappa shape index (κ3) is 5.58. The van der Waals surface area contributed by atoms with Crippen molar-refractivity contribution in [2.24, 2.45) is 0 Å². The zero-order chi connectivity index (χ0) is 24.1. The van der Waals surface area contributed by atoms with Crippen LogP contribution in [0.25, 0.3) is 0 Å². The van der Waals surface area contributed by atoms with Gasteiger partial charge in [-0.2, -0.15) is 0 Å². The third-order valence-corrected chi connectivity index (χ3v) is 6.14. The number of nitrogens with one attached hydrogen (secondary N) is 1. The summed E-state index contributed by atoms with van der Waals surface area (Å²) in [5.41, 5.74) is 2.93. The van der Waals surface area contributed by atoms with E-state index < -0.39 is 24.5 Å². The lowest BCUT2D eigenvalue weighted by molar-refractivity contribution is -0.119. The molecule has 174 valence electrons. The standard InChI is InChI=1S/C23H24N2O7S/c1-12-15(4)33-21(20(12)23(28)29-5)24-19(26)11-31-22(27)16-6-8-17(9-7-16)30-10-18-13(2)25-32-14(18)3/h6-9H,10-11H2,1-5H3,(H,24,26). The fourth-order valence-corrected chi connectivity index (χ4v) is 4.06. The fourth-order valence-electron chi connectivity index (χ4n) is 2.99. The summed E-state index contributed by atoms with van der Waals surface area (Å²) in [5, 5.41) is 6.85. The highest BCUT2D eigenvalue weighted by atomic mass is 32.1. The first kappa shape index (κ1) is 24.0. The Bertz CT molecular complexity index is 1160. The molecule has 0 aliphatic carbocycles. The van der Waals surface area contributed by atoms with Gasteiger partial charge < -0.3 is 24.1 Å². The molecule has 0 fully saturated rings. The summed E-state index contributed by atoms with van der Waals surface area (Å²) in [5.74, 6) is -0.509. The largest absolute Gasteiger partial charge is 0.489 e. The number of carbonyl (C=O) groups is 3. The zero-order valence-corrected chi connectivity index (χ0v) is 19.8. The summed E-state index contributed by atoms with van der Waals surface area (Å²) in [6, 6.07) is 6.36. The van der Waals surface area contributed by atoms with Crippen LogP contribution in [0.15, 0.2) is 28.8 Å². The number of rotatable bonds is 8. The maximum absolute atomic E-state index is 12.3. The van der Waals surface area contributed by atoms with Gasteiger partial charge in [-0.1, -0.05) is 5.16 Å². The van der Waals surface area contributed by atoms with Crippen LogP contribution in [-0.2, 0) is 20.9 Å². The highest BCUT2D eigenvalue weighted by molar-refractivity contribution is 7.16. The second-order valence-corrected chi connectivity index (χ2v) is 8.44. The number of hydrogen-bond acceptors (Lipinski definition) is 9. The molecule has 3 aromatic rings. The van der Waals surface area contributed by atoms with Crippen LogP contribution in [0.5, 0.6) is 5.75 Å². The Hall–Kier alpha value is -3.66. The first-order chi connectivity index (χ1) is 15.7. The van der Waals surface area contributed by atoms with Gasteiger partial charge >= 0.3 is 11.9 Å². The van der Waals surface area contributed by atoms with E-state index in [1.54, 1.807) is 31.2 Å². The van der Waals surface area contributed by atoms with Gasteiger partial charge in [0.2, 0.25) is 0 Å². The second-order valence-electron chi connectivity index (χ2n) is 7.22. The highest BCUT2D eigenvalue weighted by Crippen LogP contribution is 2.32. The van der Waals surface area contributed by atoms with E-state index in [1.807, 2.05) is 20.8 Å². The molecule has 2 aromatic heterocycles. The second kappa shape index (κ2) is 10.3. The van der Waals surface area contributed by atoms with Crippen molar-refractivity contribution in [3.8, 4) is 5.75 Å². The van der Waals surface area contributed by atoms with Crippen LogP contribution in [0, 0.1) is 27.7 Å². The van der Waals surface area contributed by atoms with Gasteiger partial charge in [-0.3, -0.25) is 4.79 Å². The van der Waals surface area contributed by atoms with Crippen molar-refractivity contribution in [3.63, 3.8) is 0 Å². The number of aryl methyl sites for hydroxylation is 3. The number of hydrogen-bond donors (Lipinski definition) is 1. The first-order valence-corrected chi connectivity index (χ1v) is 10.8. The number of esters is 2. The molecule has 0 bridgehead atoms. The van der Waals surface area contributed by atoms with Crippen molar-refractivity contribution >= 4 is 34.2 Å². The highest BCUT2D eigenvalue weighted by Gasteiger charge is 2.22. The molecule has 10 heteroatoms. The molecule has 3 rings (SSSR count). The smallest absolute Gasteiger partial charge is 0.341 e. The molecule has 1 aromatic carbocycles. The van der Waals surface area contributed by atoms with Gasteiger partial charge in [0, 0.05) is 4.88 Å². The van der Waals surface area contributed by atoms with Crippen molar-refractivity contribution in [1.82, 2.24) is 5.16 Å². The Labute approximate surface area is 194 Å². The van der Waals surface area contributed by atoms with Crippen LogP contribution in [0.1, 0.15) is 48.2 Å². The Balaban J connectivity index is 1.54. The maximum Gasteiger partial charge on any atom is 0.341 e. The lowest BCUT2D eigenvalue weighted by atomic mass is 10.1. The van der Waals surface area contributed by atoms with Crippen molar-refractivity contribution in [1.29, 1.82) is 0 Å². The molecule has 0 spiro atoms. The van der Waals surface area contributed by atoms with Crippen LogP contribution in [-0.4, -0.2) is 36.7 Å². The van der Waals surface area contributed by atoms with Gasteiger partial charge in [0.25, 0.3) is 5.91 Å². The van der Waals surface area contributed by atoms with Gasteiger partial charge in [-0.05, 0) is 57.5 Å². The monoisotopic (exact) mass is 472 g/mol. The van der Waals surface area contributed by atoms with Crippen LogP contribution in [0.4, 0.5) is 5.00 Å². The number of ether oxygens (including phenoxy) is 3. The van der Waals surface area contributed by atoms with Crippen molar-refractivity contribution in [3.05, 3.63) is 62.9 Å². The minimum absolute atomic E-state index is 0.269. The third-order valence-electron chi connectivity index (χ3n) is 5.02. The van der Waals surface area contributed by atoms with E-state index in [9.17, 15) is 14.4 Å². The average Bonchev–Trinajstić information content (AvgIpc) is 3.27. The summed E-state index contributed by atoms with van der Waals surface area (Å²) in [6.07, 6.45) is 0. The average molecular weight is 473 g/mol. The molecule has 0 atom stereocenters. The SMILES string of the molecule is COC(=O)c1c(NC(=O)COC(=O)c2ccc(OCc3c(C)noc3C)cc2)sc(C)c1C. The normalized spacial score (nSPS) is 10.6. The molecule has 0 aliphatic heterocycles. The van der Waals surface area contributed by atoms with E-state index in [4.69, 9.17) is 18.7 Å². The molecule has 2 heterocycles. The van der Waals surface area contributed by atoms with E-state index in [-0.39, 0.29) is 5.56 Å². The number of methoxy groups -OCH3 is 1. The van der Waals surface area contributed by atoms with Crippen LogP contribution < -0.4 is 10.1 Å². The van der Waals surface area contributed by atoms with Gasteiger partial charge in [-0.25, -0.2) is 9.59 Å². The van der Waals surface area contributed by atoms with Crippen LogP contribution >= 0.6 is 11.3 Å². The summed E-state index contributed by atoms with van der Waals surface area (Å²) in [4.78, 5) is 37.4. The molecular weight excluding hydrogens is 448 g/mol. The van der Waals surface area contributed by atoms with E-state index in [2.05, 4.69) is 10.5 Å². The fraction of sp³-hybridized carbons (Fsp3) is 0.304. The topological polar surface area (TPSA) is 117 Å². The van der Waals surface area contributed by atoms with Crippen molar-refractivity contribution < 1.29 is 33.1 Å². The van der Waals surface area contributed by atoms with Gasteiger partial charge in [0.1, 0.15) is 23.1 Å². The van der Waals surface area contributed by atoms with Gasteiger partial charge in [0.05, 0.1) is 29.5 Å². The molecule has 33 heavy (non-hydrogen) atoms. The number of anilines is 1. The number of aromatic nitrogens is 1. The quantitative estimate of drug-likeness (QED) is 0.487.